The first-order valence-electron chi connectivity index (χ1n) is 3.99. The summed E-state index contributed by atoms with van der Waals surface area (Å²) >= 11 is 0. The van der Waals surface area contributed by atoms with Gasteiger partial charge in [0.05, 0.1) is 11.5 Å². The van der Waals surface area contributed by atoms with Crippen LogP contribution in [0.1, 0.15) is 12.8 Å². The Bertz CT molecular complexity index is 210. The van der Waals surface area contributed by atoms with Crippen LogP contribution in [0.15, 0.2) is 0 Å². The minimum atomic E-state index is -2.65. The molecule has 66 valence electrons. The second-order valence-corrected chi connectivity index (χ2v) is 5.39. The van der Waals surface area contributed by atoms with Crippen molar-refractivity contribution < 1.29 is 8.42 Å². The Morgan fingerprint density at radius 3 is 2.73 bits per heavy atom. The van der Waals surface area contributed by atoms with Crippen LogP contribution in [0, 0.1) is 5.92 Å². The van der Waals surface area contributed by atoms with Crippen molar-refractivity contribution >= 4 is 9.84 Å². The molecule has 1 unspecified atom stereocenters. The Hall–Kier alpha value is -0.0900. The van der Waals surface area contributed by atoms with Crippen molar-refractivity contribution in [1.82, 2.24) is 5.32 Å². The minimum absolute atomic E-state index is 0.404. The van der Waals surface area contributed by atoms with Crippen LogP contribution in [0.4, 0.5) is 0 Å². The molecular weight excluding hydrogens is 162 g/mol. The van der Waals surface area contributed by atoms with Gasteiger partial charge in [0.25, 0.3) is 0 Å². The van der Waals surface area contributed by atoms with Gasteiger partial charge in [-0.15, -0.1) is 0 Å². The van der Waals surface area contributed by atoms with Crippen molar-refractivity contribution in [1.29, 1.82) is 0 Å². The largest absolute Gasteiger partial charge is 0.320 e. The maximum absolute atomic E-state index is 11.0. The van der Waals surface area contributed by atoms with Gasteiger partial charge in [-0.1, -0.05) is 0 Å². The van der Waals surface area contributed by atoms with E-state index in [1.54, 1.807) is 0 Å². The quantitative estimate of drug-likeness (QED) is 0.661. The summed E-state index contributed by atoms with van der Waals surface area (Å²) < 4.78 is 22.0. The lowest BCUT2D eigenvalue weighted by molar-refractivity contribution is 0.526. The molecule has 1 fully saturated rings. The van der Waals surface area contributed by atoms with Crippen molar-refractivity contribution in [3.63, 3.8) is 0 Å². The Labute approximate surface area is 68.1 Å². The van der Waals surface area contributed by atoms with Gasteiger partial charge in [-0.2, -0.15) is 0 Å². The molecule has 4 heteroatoms. The average Bonchev–Trinajstić information content (AvgIpc) is 2.26. The van der Waals surface area contributed by atoms with Gasteiger partial charge >= 0.3 is 0 Å². The second-order valence-electron chi connectivity index (χ2n) is 3.16. The van der Waals surface area contributed by atoms with Crippen molar-refractivity contribution in [3.8, 4) is 0 Å². The lowest BCUT2D eigenvalue weighted by Gasteiger charge is -2.04. The van der Waals surface area contributed by atoms with E-state index >= 15 is 0 Å². The standard InChI is InChI=1S/C7H15NO2S/c1-8-4-2-7-3-5-11(9,10)6-7/h7-8H,2-6H2,1H3. The van der Waals surface area contributed by atoms with Crippen LogP contribution in [0.25, 0.3) is 0 Å². The van der Waals surface area contributed by atoms with E-state index in [-0.39, 0.29) is 0 Å². The Kier molecular flexibility index (Phi) is 2.90. The Morgan fingerprint density at radius 2 is 2.27 bits per heavy atom. The number of hydrogen-bond donors (Lipinski definition) is 1. The van der Waals surface area contributed by atoms with Gasteiger partial charge in [-0.3, -0.25) is 0 Å². The predicted octanol–water partition coefficient (Wildman–Crippen LogP) is 0.0306. The third-order valence-electron chi connectivity index (χ3n) is 2.13. The van der Waals surface area contributed by atoms with E-state index < -0.39 is 9.84 Å². The van der Waals surface area contributed by atoms with E-state index in [0.29, 0.717) is 17.4 Å². The van der Waals surface area contributed by atoms with E-state index in [4.69, 9.17) is 0 Å². The number of sulfone groups is 1. The fraction of sp³-hybridized carbons (Fsp3) is 1.00. The molecule has 0 radical (unpaired) electrons. The molecule has 1 atom stereocenters. The molecule has 1 aliphatic heterocycles. The SMILES string of the molecule is CNCCC1CCS(=O)(=O)C1. The van der Waals surface area contributed by atoms with Gasteiger partial charge in [0.2, 0.25) is 0 Å². The van der Waals surface area contributed by atoms with Crippen LogP contribution < -0.4 is 5.32 Å². The van der Waals surface area contributed by atoms with Gasteiger partial charge < -0.3 is 5.32 Å². The Morgan fingerprint density at radius 1 is 1.55 bits per heavy atom. The summed E-state index contributed by atoms with van der Waals surface area (Å²) in [6.07, 6.45) is 1.86. The van der Waals surface area contributed by atoms with E-state index in [9.17, 15) is 8.42 Å². The minimum Gasteiger partial charge on any atom is -0.320 e. The van der Waals surface area contributed by atoms with E-state index in [1.165, 1.54) is 0 Å². The maximum Gasteiger partial charge on any atom is 0.150 e. The molecule has 3 nitrogen and oxygen atoms in total. The number of nitrogens with one attached hydrogen (secondary N) is 1. The highest BCUT2D eigenvalue weighted by Crippen LogP contribution is 2.20. The van der Waals surface area contributed by atoms with E-state index in [1.807, 2.05) is 7.05 Å². The zero-order valence-electron chi connectivity index (χ0n) is 6.84. The normalized spacial score (nSPS) is 29.0. The predicted molar refractivity (Wildman–Crippen MR) is 45.3 cm³/mol. The summed E-state index contributed by atoms with van der Waals surface area (Å²) in [5.74, 6) is 1.23. The van der Waals surface area contributed by atoms with Crippen LogP contribution in [0.5, 0.6) is 0 Å². The average molecular weight is 177 g/mol. The zero-order chi connectivity index (χ0) is 8.32. The first-order chi connectivity index (χ1) is 5.14. The molecule has 1 heterocycles. The highest BCUT2D eigenvalue weighted by atomic mass is 32.2. The molecule has 1 saturated heterocycles. The third-order valence-corrected chi connectivity index (χ3v) is 3.97. The molecule has 1 aliphatic rings. The molecule has 0 aromatic heterocycles. The Balaban J connectivity index is 2.31. The molecule has 0 aromatic rings. The molecule has 0 bridgehead atoms. The summed E-state index contributed by atoms with van der Waals surface area (Å²) in [6, 6.07) is 0. The summed E-state index contributed by atoms with van der Waals surface area (Å²) in [5.41, 5.74) is 0. The van der Waals surface area contributed by atoms with E-state index in [2.05, 4.69) is 5.32 Å². The molecule has 0 saturated carbocycles. The van der Waals surface area contributed by atoms with Crippen LogP contribution in [-0.2, 0) is 9.84 Å². The van der Waals surface area contributed by atoms with Crippen molar-refractivity contribution in [2.24, 2.45) is 5.92 Å². The highest BCUT2D eigenvalue weighted by molar-refractivity contribution is 7.91. The number of rotatable bonds is 3. The van der Waals surface area contributed by atoms with Crippen molar-refractivity contribution in [3.05, 3.63) is 0 Å². The molecule has 0 spiro atoms. The molecule has 0 aliphatic carbocycles. The molecular formula is C7H15NO2S. The molecule has 0 amide bonds. The monoisotopic (exact) mass is 177 g/mol. The topological polar surface area (TPSA) is 46.2 Å². The summed E-state index contributed by atoms with van der Waals surface area (Å²) in [4.78, 5) is 0. The smallest absolute Gasteiger partial charge is 0.150 e. The molecule has 11 heavy (non-hydrogen) atoms. The summed E-state index contributed by atoms with van der Waals surface area (Å²) in [5, 5.41) is 3.03. The van der Waals surface area contributed by atoms with Crippen molar-refractivity contribution in [2.75, 3.05) is 25.1 Å². The summed E-state index contributed by atoms with van der Waals surface area (Å²) in [6.45, 7) is 0.931. The van der Waals surface area contributed by atoms with Crippen LogP contribution in [0.3, 0.4) is 0 Å². The third kappa shape index (κ3) is 2.79. The molecule has 1 N–H and O–H groups in total. The van der Waals surface area contributed by atoms with Gasteiger partial charge in [0.15, 0.2) is 9.84 Å². The first-order valence-corrected chi connectivity index (χ1v) is 5.81. The highest BCUT2D eigenvalue weighted by Gasteiger charge is 2.26. The molecule has 1 rings (SSSR count). The first kappa shape index (κ1) is 9.00. The fourth-order valence-corrected chi connectivity index (χ4v) is 3.36. The number of hydrogen-bond acceptors (Lipinski definition) is 3. The van der Waals surface area contributed by atoms with Crippen molar-refractivity contribution in [2.45, 2.75) is 12.8 Å². The van der Waals surface area contributed by atoms with Crippen LogP contribution >= 0.6 is 0 Å². The zero-order valence-corrected chi connectivity index (χ0v) is 7.65. The maximum atomic E-state index is 11.0. The van der Waals surface area contributed by atoms with Gasteiger partial charge in [-0.25, -0.2) is 8.42 Å². The second kappa shape index (κ2) is 3.54. The lowest BCUT2D eigenvalue weighted by Crippen LogP contribution is -2.14. The lowest BCUT2D eigenvalue weighted by atomic mass is 10.1. The fourth-order valence-electron chi connectivity index (χ4n) is 1.45. The van der Waals surface area contributed by atoms with Gasteiger partial charge in [0, 0.05) is 0 Å². The van der Waals surface area contributed by atoms with Gasteiger partial charge in [-0.05, 0) is 32.4 Å². The van der Waals surface area contributed by atoms with Gasteiger partial charge in [0.1, 0.15) is 0 Å². The molecule has 0 aromatic carbocycles. The van der Waals surface area contributed by atoms with Crippen LogP contribution in [0.2, 0.25) is 0 Å². The summed E-state index contributed by atoms with van der Waals surface area (Å²) in [7, 11) is -0.761. The van der Waals surface area contributed by atoms with E-state index in [0.717, 1.165) is 19.4 Å². The van der Waals surface area contributed by atoms with Crippen LogP contribution in [-0.4, -0.2) is 33.5 Å².